The smallest absolute Gasteiger partial charge is 0.321 e. The molecule has 26 heavy (non-hydrogen) atoms. The second-order valence-corrected chi connectivity index (χ2v) is 8.01. The third-order valence-electron chi connectivity index (χ3n) is 4.57. The molecule has 6 heteroatoms. The van der Waals surface area contributed by atoms with Gasteiger partial charge < -0.3 is 15.0 Å². The first-order valence-corrected chi connectivity index (χ1v) is 10.1. The van der Waals surface area contributed by atoms with Crippen molar-refractivity contribution < 1.29 is 9.53 Å². The highest BCUT2D eigenvalue weighted by atomic mass is 35.5. The summed E-state index contributed by atoms with van der Waals surface area (Å²) < 4.78 is 5.31. The Morgan fingerprint density at radius 3 is 2.85 bits per heavy atom. The highest BCUT2D eigenvalue weighted by Gasteiger charge is 2.23. The minimum absolute atomic E-state index is 0.114. The third-order valence-corrected chi connectivity index (χ3v) is 6.11. The Balaban J connectivity index is 1.67. The average Bonchev–Trinajstić information content (AvgIpc) is 2.88. The van der Waals surface area contributed by atoms with E-state index in [1.54, 1.807) is 25.3 Å². The second kappa shape index (κ2) is 8.69. The fourth-order valence-electron chi connectivity index (χ4n) is 3.14. The summed E-state index contributed by atoms with van der Waals surface area (Å²) in [6, 6.07) is 13.6. The normalized spacial score (nSPS) is 17.5. The standard InChI is InChI=1S/C20H23ClN2O2S/c1-14-5-3-4-6-16(14)19-9-10-23(11-12-26-19)20(24)22-17-13-15(21)7-8-18(17)25-2/h3-8,13,19H,9-12H2,1-2H3,(H,22,24)/t19-/m1/s1. The molecular weight excluding hydrogens is 368 g/mol. The van der Waals surface area contributed by atoms with Crippen molar-refractivity contribution in [1.82, 2.24) is 4.90 Å². The van der Waals surface area contributed by atoms with Crippen molar-refractivity contribution in [2.24, 2.45) is 0 Å². The molecule has 0 aliphatic carbocycles. The van der Waals surface area contributed by atoms with Crippen molar-refractivity contribution in [2.45, 2.75) is 18.6 Å². The summed E-state index contributed by atoms with van der Waals surface area (Å²) in [4.78, 5) is 14.6. The summed E-state index contributed by atoms with van der Waals surface area (Å²) in [5.41, 5.74) is 3.28. The van der Waals surface area contributed by atoms with Crippen LogP contribution in [0, 0.1) is 6.92 Å². The van der Waals surface area contributed by atoms with Gasteiger partial charge in [0.05, 0.1) is 12.8 Å². The van der Waals surface area contributed by atoms with E-state index in [1.165, 1.54) is 11.1 Å². The predicted octanol–water partition coefficient (Wildman–Crippen LogP) is 5.37. The molecule has 1 saturated heterocycles. The predicted molar refractivity (Wildman–Crippen MR) is 110 cm³/mol. The van der Waals surface area contributed by atoms with Crippen molar-refractivity contribution in [2.75, 3.05) is 31.3 Å². The van der Waals surface area contributed by atoms with Crippen LogP contribution in [0.5, 0.6) is 5.75 Å². The Morgan fingerprint density at radius 2 is 2.08 bits per heavy atom. The molecule has 1 atom stereocenters. The highest BCUT2D eigenvalue weighted by Crippen LogP contribution is 2.36. The summed E-state index contributed by atoms with van der Waals surface area (Å²) in [5, 5.41) is 3.92. The molecule has 0 unspecified atom stereocenters. The molecule has 3 rings (SSSR count). The SMILES string of the molecule is COc1ccc(Cl)cc1NC(=O)N1CCS[C@@H](c2ccccc2C)CC1. The van der Waals surface area contributed by atoms with Crippen molar-refractivity contribution in [3.8, 4) is 5.75 Å². The largest absolute Gasteiger partial charge is 0.495 e. The van der Waals surface area contributed by atoms with E-state index < -0.39 is 0 Å². The number of hydrogen-bond donors (Lipinski definition) is 1. The van der Waals surface area contributed by atoms with Gasteiger partial charge in [-0.2, -0.15) is 11.8 Å². The number of carbonyl (C=O) groups is 1. The molecule has 138 valence electrons. The van der Waals surface area contributed by atoms with Gasteiger partial charge in [-0.05, 0) is 42.7 Å². The first kappa shape index (κ1) is 18.9. The Hall–Kier alpha value is -1.85. The number of rotatable bonds is 3. The molecule has 1 N–H and O–H groups in total. The molecule has 0 aromatic heterocycles. The molecule has 2 aromatic rings. The van der Waals surface area contributed by atoms with Crippen molar-refractivity contribution in [3.05, 3.63) is 58.6 Å². The molecule has 4 nitrogen and oxygen atoms in total. The van der Waals surface area contributed by atoms with Gasteiger partial charge in [-0.25, -0.2) is 4.79 Å². The van der Waals surface area contributed by atoms with E-state index in [9.17, 15) is 4.79 Å². The van der Waals surface area contributed by atoms with Crippen LogP contribution in [0.25, 0.3) is 0 Å². The van der Waals surface area contributed by atoms with Gasteiger partial charge in [0.25, 0.3) is 0 Å². The lowest BCUT2D eigenvalue weighted by molar-refractivity contribution is 0.215. The van der Waals surface area contributed by atoms with E-state index in [0.717, 1.165) is 25.3 Å². The second-order valence-electron chi connectivity index (χ2n) is 6.27. The summed E-state index contributed by atoms with van der Waals surface area (Å²) in [5.74, 6) is 1.52. The number of amides is 2. The molecule has 2 amide bonds. The van der Waals surface area contributed by atoms with E-state index in [4.69, 9.17) is 16.3 Å². The summed E-state index contributed by atoms with van der Waals surface area (Å²) in [6.45, 7) is 3.60. The van der Waals surface area contributed by atoms with Gasteiger partial charge >= 0.3 is 6.03 Å². The quantitative estimate of drug-likeness (QED) is 0.766. The molecule has 2 aromatic carbocycles. The molecule has 1 aliphatic heterocycles. The fourth-order valence-corrected chi connectivity index (χ4v) is 4.64. The molecule has 1 aliphatic rings. The molecular formula is C20H23ClN2O2S. The van der Waals surface area contributed by atoms with Gasteiger partial charge in [0.1, 0.15) is 5.75 Å². The third kappa shape index (κ3) is 4.46. The number of nitrogens with one attached hydrogen (secondary N) is 1. The summed E-state index contributed by atoms with van der Waals surface area (Å²) >= 11 is 7.97. The van der Waals surface area contributed by atoms with Crippen molar-refractivity contribution in [1.29, 1.82) is 0 Å². The van der Waals surface area contributed by atoms with Crippen LogP contribution >= 0.6 is 23.4 Å². The lowest BCUT2D eigenvalue weighted by Crippen LogP contribution is -2.36. The number of nitrogens with zero attached hydrogens (tertiary/aromatic N) is 1. The van der Waals surface area contributed by atoms with E-state index in [-0.39, 0.29) is 6.03 Å². The topological polar surface area (TPSA) is 41.6 Å². The van der Waals surface area contributed by atoms with Crippen LogP contribution in [0.3, 0.4) is 0 Å². The molecule has 0 bridgehead atoms. The minimum atomic E-state index is -0.114. The van der Waals surface area contributed by atoms with Crippen LogP contribution in [0.4, 0.5) is 10.5 Å². The van der Waals surface area contributed by atoms with E-state index >= 15 is 0 Å². The van der Waals surface area contributed by atoms with Gasteiger partial charge in [0.2, 0.25) is 0 Å². The Labute approximate surface area is 163 Å². The van der Waals surface area contributed by atoms with Crippen LogP contribution < -0.4 is 10.1 Å². The van der Waals surface area contributed by atoms with Gasteiger partial charge in [-0.3, -0.25) is 0 Å². The number of aryl methyl sites for hydroxylation is 1. The minimum Gasteiger partial charge on any atom is -0.495 e. The molecule has 1 heterocycles. The fraction of sp³-hybridized carbons (Fsp3) is 0.350. The van der Waals surface area contributed by atoms with Gasteiger partial charge in [0, 0.05) is 29.1 Å². The molecule has 1 fully saturated rings. The molecule has 0 radical (unpaired) electrons. The van der Waals surface area contributed by atoms with E-state index in [1.807, 2.05) is 16.7 Å². The first-order valence-electron chi connectivity index (χ1n) is 8.65. The van der Waals surface area contributed by atoms with Crippen LogP contribution in [0.15, 0.2) is 42.5 Å². The maximum atomic E-state index is 12.7. The van der Waals surface area contributed by atoms with Gasteiger partial charge in [-0.1, -0.05) is 35.9 Å². The number of benzene rings is 2. The maximum absolute atomic E-state index is 12.7. The maximum Gasteiger partial charge on any atom is 0.321 e. The van der Waals surface area contributed by atoms with Crippen LogP contribution in [0.1, 0.15) is 22.8 Å². The average molecular weight is 391 g/mol. The van der Waals surface area contributed by atoms with E-state index in [0.29, 0.717) is 21.7 Å². The zero-order valence-corrected chi connectivity index (χ0v) is 16.6. The Bertz CT molecular complexity index is 784. The molecule has 0 saturated carbocycles. The van der Waals surface area contributed by atoms with Gasteiger partial charge in [0.15, 0.2) is 0 Å². The lowest BCUT2D eigenvalue weighted by Gasteiger charge is -2.22. The van der Waals surface area contributed by atoms with Crippen molar-refractivity contribution in [3.63, 3.8) is 0 Å². The number of carbonyl (C=O) groups excluding carboxylic acids is 1. The van der Waals surface area contributed by atoms with Crippen LogP contribution in [0.2, 0.25) is 5.02 Å². The zero-order chi connectivity index (χ0) is 18.5. The number of methoxy groups -OCH3 is 1. The molecule has 0 spiro atoms. The first-order chi connectivity index (χ1) is 12.6. The number of halogens is 1. The Kier molecular flexibility index (Phi) is 6.33. The number of thioether (sulfide) groups is 1. The van der Waals surface area contributed by atoms with Gasteiger partial charge in [-0.15, -0.1) is 0 Å². The zero-order valence-electron chi connectivity index (χ0n) is 15.0. The van der Waals surface area contributed by atoms with Crippen LogP contribution in [-0.4, -0.2) is 36.9 Å². The number of anilines is 1. The lowest BCUT2D eigenvalue weighted by atomic mass is 10.0. The number of ether oxygens (including phenoxy) is 1. The van der Waals surface area contributed by atoms with Crippen LogP contribution in [-0.2, 0) is 0 Å². The highest BCUT2D eigenvalue weighted by molar-refractivity contribution is 7.99. The van der Waals surface area contributed by atoms with E-state index in [2.05, 4.69) is 36.5 Å². The summed E-state index contributed by atoms with van der Waals surface area (Å²) in [6.07, 6.45) is 0.940. The number of hydrogen-bond acceptors (Lipinski definition) is 3. The summed E-state index contributed by atoms with van der Waals surface area (Å²) in [7, 11) is 1.58. The van der Waals surface area contributed by atoms with Crippen molar-refractivity contribution >= 4 is 35.1 Å². The Morgan fingerprint density at radius 1 is 1.27 bits per heavy atom. The monoisotopic (exact) mass is 390 g/mol. The number of urea groups is 1.